The third kappa shape index (κ3) is 4.80. The Morgan fingerprint density at radius 3 is 2.18 bits per heavy atom. The first-order valence-corrected chi connectivity index (χ1v) is 11.9. The van der Waals surface area contributed by atoms with E-state index in [9.17, 15) is 22.8 Å². The summed E-state index contributed by atoms with van der Waals surface area (Å²) in [7, 11) is -0.874. The van der Waals surface area contributed by atoms with E-state index in [1.54, 1.807) is 26.0 Å². The minimum absolute atomic E-state index is 0.0386. The van der Waals surface area contributed by atoms with Crippen LogP contribution in [0.25, 0.3) is 0 Å². The number of aromatic nitrogens is 2. The molecule has 0 fully saturated rings. The number of nitrogens with zero attached hydrogens (tertiary/aromatic N) is 3. The molecule has 0 unspecified atom stereocenters. The number of nitrogens with two attached hydrogens (primary N) is 1. The molecule has 0 aliphatic heterocycles. The van der Waals surface area contributed by atoms with Crippen molar-refractivity contribution in [3.63, 3.8) is 0 Å². The molecule has 1 aromatic heterocycles. The van der Waals surface area contributed by atoms with E-state index >= 15 is 0 Å². The molecular weight excluding hydrogens is 458 g/mol. The van der Waals surface area contributed by atoms with Gasteiger partial charge in [0.2, 0.25) is 10.0 Å². The van der Waals surface area contributed by atoms with Gasteiger partial charge in [0, 0.05) is 25.7 Å². The molecule has 180 valence electrons. The Morgan fingerprint density at radius 1 is 1.03 bits per heavy atom. The zero-order chi connectivity index (χ0) is 25.2. The van der Waals surface area contributed by atoms with E-state index in [-0.39, 0.29) is 34.6 Å². The number of amides is 1. The summed E-state index contributed by atoms with van der Waals surface area (Å²) in [5.41, 5.74) is 5.40. The van der Waals surface area contributed by atoms with Gasteiger partial charge in [0.05, 0.1) is 11.4 Å². The first-order chi connectivity index (χ1) is 15.9. The zero-order valence-corrected chi connectivity index (χ0v) is 20.2. The van der Waals surface area contributed by atoms with E-state index in [0.717, 1.165) is 10.5 Å². The Balaban J connectivity index is 1.95. The van der Waals surface area contributed by atoms with Gasteiger partial charge in [0.15, 0.2) is 5.69 Å². The number of carbonyl (C=O) groups is 1. The molecule has 2 aromatic carbocycles. The van der Waals surface area contributed by atoms with Gasteiger partial charge in [-0.2, -0.15) is 4.31 Å². The summed E-state index contributed by atoms with van der Waals surface area (Å²) in [4.78, 5) is 41.3. The molecule has 0 aliphatic carbocycles. The van der Waals surface area contributed by atoms with E-state index in [1.807, 2.05) is 18.2 Å². The third-order valence-electron chi connectivity index (χ3n) is 5.54. The van der Waals surface area contributed by atoms with Gasteiger partial charge in [-0.25, -0.2) is 13.2 Å². The normalized spacial score (nSPS) is 11.7. The van der Waals surface area contributed by atoms with E-state index in [0.29, 0.717) is 0 Å². The van der Waals surface area contributed by atoms with Crippen LogP contribution in [0.1, 0.15) is 29.8 Å². The van der Waals surface area contributed by atoms with Gasteiger partial charge in [0.25, 0.3) is 11.5 Å². The number of anilines is 2. The fourth-order valence-corrected chi connectivity index (χ4v) is 4.70. The Morgan fingerprint density at radius 2 is 1.62 bits per heavy atom. The smallest absolute Gasteiger partial charge is 0.330 e. The summed E-state index contributed by atoms with van der Waals surface area (Å²) >= 11 is 0. The molecule has 0 radical (unpaired) electrons. The molecule has 0 saturated heterocycles. The monoisotopic (exact) mass is 485 g/mol. The van der Waals surface area contributed by atoms with Gasteiger partial charge in [-0.1, -0.05) is 30.3 Å². The largest absolute Gasteiger partial charge is 0.383 e. The molecule has 0 spiro atoms. The van der Waals surface area contributed by atoms with E-state index < -0.39 is 27.2 Å². The number of hydrogen-bond acceptors (Lipinski definition) is 6. The molecule has 0 bridgehead atoms. The number of carbonyl (C=O) groups excluding carboxylic acids is 1. The zero-order valence-electron chi connectivity index (χ0n) is 19.3. The van der Waals surface area contributed by atoms with Crippen molar-refractivity contribution >= 4 is 27.4 Å². The molecule has 0 saturated carbocycles. The van der Waals surface area contributed by atoms with Crippen LogP contribution in [0.5, 0.6) is 0 Å². The van der Waals surface area contributed by atoms with Crippen molar-refractivity contribution in [3.05, 3.63) is 86.6 Å². The molecule has 11 heteroatoms. The van der Waals surface area contributed by atoms with Crippen LogP contribution in [0.15, 0.2) is 69.1 Å². The van der Waals surface area contributed by atoms with Gasteiger partial charge >= 0.3 is 5.69 Å². The van der Waals surface area contributed by atoms with Crippen LogP contribution in [-0.2, 0) is 16.6 Å². The van der Waals surface area contributed by atoms with Crippen molar-refractivity contribution in [1.82, 2.24) is 13.9 Å². The van der Waals surface area contributed by atoms with Crippen molar-refractivity contribution in [2.45, 2.75) is 31.3 Å². The molecule has 0 atom stereocenters. The topological polar surface area (TPSA) is 139 Å². The van der Waals surface area contributed by atoms with Crippen LogP contribution in [0.3, 0.4) is 0 Å². The predicted octanol–water partition coefficient (Wildman–Crippen LogP) is 1.47. The van der Waals surface area contributed by atoms with Crippen LogP contribution in [0.4, 0.5) is 11.5 Å². The van der Waals surface area contributed by atoms with Crippen LogP contribution >= 0.6 is 0 Å². The van der Waals surface area contributed by atoms with E-state index in [4.69, 9.17) is 5.73 Å². The number of hydrogen-bond donors (Lipinski definition) is 2. The standard InChI is InChI=1S/C23H27N5O5S/c1-15(2)27(4)34(32,33)18-12-10-17(11-13-18)22(30)26(3)19-20(24)28(23(31)25-21(19)29)14-16-8-6-5-7-9-16/h5-13,15H,14,24H2,1-4H3,(H,25,29,31). The Labute approximate surface area is 197 Å². The summed E-state index contributed by atoms with van der Waals surface area (Å²) < 4.78 is 27.7. The first-order valence-electron chi connectivity index (χ1n) is 10.5. The average molecular weight is 486 g/mol. The van der Waals surface area contributed by atoms with Crippen molar-refractivity contribution in [2.24, 2.45) is 0 Å². The predicted molar refractivity (Wildman–Crippen MR) is 131 cm³/mol. The van der Waals surface area contributed by atoms with Crippen molar-refractivity contribution in [2.75, 3.05) is 24.7 Å². The molecule has 1 heterocycles. The van der Waals surface area contributed by atoms with Crippen LogP contribution in [0, 0.1) is 0 Å². The van der Waals surface area contributed by atoms with Crippen molar-refractivity contribution in [1.29, 1.82) is 0 Å². The maximum absolute atomic E-state index is 13.1. The number of benzene rings is 2. The van der Waals surface area contributed by atoms with Gasteiger partial charge in [-0.15, -0.1) is 0 Å². The second kappa shape index (κ2) is 9.65. The third-order valence-corrected chi connectivity index (χ3v) is 7.59. The molecule has 1 amide bonds. The lowest BCUT2D eigenvalue weighted by Gasteiger charge is -2.22. The lowest BCUT2D eigenvalue weighted by atomic mass is 10.2. The van der Waals surface area contributed by atoms with E-state index in [1.165, 1.54) is 47.2 Å². The Kier molecular flexibility index (Phi) is 7.08. The number of aromatic amines is 1. The second-order valence-electron chi connectivity index (χ2n) is 8.07. The number of rotatable bonds is 7. The number of sulfonamides is 1. The van der Waals surface area contributed by atoms with Crippen molar-refractivity contribution in [3.8, 4) is 0 Å². The summed E-state index contributed by atoms with van der Waals surface area (Å²) in [5, 5.41) is 0. The lowest BCUT2D eigenvalue weighted by Crippen LogP contribution is -2.39. The number of H-pyrrole nitrogens is 1. The molecule has 3 N–H and O–H groups in total. The minimum Gasteiger partial charge on any atom is -0.383 e. The quantitative estimate of drug-likeness (QED) is 0.520. The molecule has 0 aliphatic rings. The first kappa shape index (κ1) is 24.9. The van der Waals surface area contributed by atoms with E-state index in [2.05, 4.69) is 4.98 Å². The SMILES string of the molecule is CC(C)N(C)S(=O)(=O)c1ccc(C(=O)N(C)c2c(N)n(Cc3ccccc3)c(=O)[nH]c2=O)cc1. The van der Waals surface area contributed by atoms with Gasteiger partial charge in [-0.05, 0) is 43.7 Å². The Hall–Kier alpha value is -3.70. The lowest BCUT2D eigenvalue weighted by molar-refractivity contribution is 0.0992. The maximum Gasteiger partial charge on any atom is 0.330 e. The highest BCUT2D eigenvalue weighted by Gasteiger charge is 2.25. The minimum atomic E-state index is -3.71. The Bertz CT molecular complexity index is 1410. The number of nitrogen functional groups attached to an aromatic ring is 1. The highest BCUT2D eigenvalue weighted by molar-refractivity contribution is 7.89. The summed E-state index contributed by atoms with van der Waals surface area (Å²) in [6.07, 6.45) is 0. The molecule has 3 aromatic rings. The molecule has 34 heavy (non-hydrogen) atoms. The van der Waals surface area contributed by atoms with Gasteiger partial charge < -0.3 is 10.6 Å². The average Bonchev–Trinajstić information content (AvgIpc) is 2.81. The maximum atomic E-state index is 13.1. The molecular formula is C23H27N5O5S. The molecule has 10 nitrogen and oxygen atoms in total. The fourth-order valence-electron chi connectivity index (χ4n) is 3.33. The summed E-state index contributed by atoms with van der Waals surface area (Å²) in [6, 6.07) is 14.2. The number of nitrogens with one attached hydrogen (secondary N) is 1. The highest BCUT2D eigenvalue weighted by Crippen LogP contribution is 2.21. The van der Waals surface area contributed by atoms with Crippen LogP contribution in [0.2, 0.25) is 0 Å². The fraction of sp³-hybridized carbons (Fsp3) is 0.261. The van der Waals surface area contributed by atoms with Crippen LogP contribution in [-0.4, -0.2) is 48.3 Å². The highest BCUT2D eigenvalue weighted by atomic mass is 32.2. The summed E-state index contributed by atoms with van der Waals surface area (Å²) in [5.74, 6) is -0.755. The summed E-state index contributed by atoms with van der Waals surface area (Å²) in [6.45, 7) is 3.61. The van der Waals surface area contributed by atoms with Crippen LogP contribution < -0.4 is 21.9 Å². The van der Waals surface area contributed by atoms with Gasteiger partial charge in [0.1, 0.15) is 5.82 Å². The molecule has 3 rings (SSSR count). The van der Waals surface area contributed by atoms with Crippen molar-refractivity contribution < 1.29 is 13.2 Å². The second-order valence-corrected chi connectivity index (χ2v) is 10.1. The van der Waals surface area contributed by atoms with Gasteiger partial charge in [-0.3, -0.25) is 19.1 Å².